The topological polar surface area (TPSA) is 127 Å². The summed E-state index contributed by atoms with van der Waals surface area (Å²) in [5.74, 6) is -0.113. The molecule has 1 aliphatic heterocycles. The maximum atomic E-state index is 12.1. The number of rotatable bonds is 6. The van der Waals surface area contributed by atoms with E-state index in [1.165, 1.54) is 4.80 Å². The summed E-state index contributed by atoms with van der Waals surface area (Å²) in [5, 5.41) is 14.4. The molecule has 0 spiro atoms. The number of para-hydroxylation sites is 1. The van der Waals surface area contributed by atoms with Crippen LogP contribution in [0.25, 0.3) is 5.69 Å². The molecule has 10 heteroatoms. The van der Waals surface area contributed by atoms with Gasteiger partial charge in [-0.25, -0.2) is 0 Å². The lowest BCUT2D eigenvalue weighted by molar-refractivity contribution is -0.122. The van der Waals surface area contributed by atoms with Crippen LogP contribution in [0.1, 0.15) is 18.0 Å². The Balaban J connectivity index is 1.92. The third-order valence-corrected chi connectivity index (χ3v) is 4.26. The minimum absolute atomic E-state index is 0.113. The highest BCUT2D eigenvalue weighted by Crippen LogP contribution is 2.31. The van der Waals surface area contributed by atoms with Gasteiger partial charge in [0.05, 0.1) is 30.5 Å². The first-order chi connectivity index (χ1) is 12.1. The van der Waals surface area contributed by atoms with Gasteiger partial charge >= 0.3 is 0 Å². The van der Waals surface area contributed by atoms with Gasteiger partial charge in [0.25, 0.3) is 0 Å². The molecule has 3 rings (SSSR count). The molecule has 1 atom stereocenters. The number of nitrogens with two attached hydrogens (primary N) is 2. The number of carbonyl (C=O) groups is 1. The number of hydrogen-bond acceptors (Lipinski definition) is 7. The average Bonchev–Trinajstić information content (AvgIpc) is 3.10. The molecule has 2 heterocycles. The fourth-order valence-corrected chi connectivity index (χ4v) is 3.18. The first kappa shape index (κ1) is 17.4. The fourth-order valence-electron chi connectivity index (χ4n) is 2.85. The predicted octanol–water partition coefficient (Wildman–Crippen LogP) is -0.794. The Morgan fingerprint density at radius 3 is 2.76 bits per heavy atom. The van der Waals surface area contributed by atoms with Crippen molar-refractivity contribution in [2.75, 3.05) is 13.1 Å². The van der Waals surface area contributed by atoms with Gasteiger partial charge < -0.3 is 21.7 Å². The van der Waals surface area contributed by atoms with Crippen molar-refractivity contribution in [1.82, 2.24) is 30.5 Å². The van der Waals surface area contributed by atoms with Crippen molar-refractivity contribution >= 4 is 23.2 Å². The van der Waals surface area contributed by atoms with Gasteiger partial charge in [-0.05, 0) is 18.3 Å². The van der Waals surface area contributed by atoms with Crippen molar-refractivity contribution in [3.63, 3.8) is 0 Å². The zero-order chi connectivity index (χ0) is 17.8. The van der Waals surface area contributed by atoms with Crippen LogP contribution in [-0.4, -0.2) is 50.3 Å². The second kappa shape index (κ2) is 7.66. The molecule has 9 nitrogen and oxygen atoms in total. The van der Waals surface area contributed by atoms with Gasteiger partial charge in [0.2, 0.25) is 5.91 Å². The molecule has 0 aliphatic carbocycles. The molecule has 1 aliphatic rings. The third-order valence-electron chi connectivity index (χ3n) is 3.92. The Bertz CT molecular complexity index is 748. The zero-order valence-electron chi connectivity index (χ0n) is 13.5. The molecule has 1 fully saturated rings. The van der Waals surface area contributed by atoms with E-state index in [0.717, 1.165) is 11.3 Å². The van der Waals surface area contributed by atoms with E-state index >= 15 is 0 Å². The van der Waals surface area contributed by atoms with Crippen LogP contribution in [0, 0.1) is 0 Å². The zero-order valence-corrected chi connectivity index (χ0v) is 14.3. The van der Waals surface area contributed by atoms with Crippen LogP contribution in [0.5, 0.6) is 0 Å². The first-order valence-corrected chi connectivity index (χ1v) is 8.27. The Kier molecular flexibility index (Phi) is 5.34. The van der Waals surface area contributed by atoms with Crippen molar-refractivity contribution in [2.45, 2.75) is 18.8 Å². The molecule has 132 valence electrons. The fraction of sp³-hybridized carbons (Fsp3) is 0.333. The number of nitrogens with one attached hydrogen (secondary N) is 2. The molecule has 6 N–H and O–H groups in total. The maximum absolute atomic E-state index is 12.1. The molecule has 1 saturated heterocycles. The van der Waals surface area contributed by atoms with Crippen LogP contribution in [0.3, 0.4) is 0 Å². The number of aromatic nitrogens is 3. The SMILES string of the molecule is NC(N)NCCN1C(=S)NC(=O)C[C@@H]1c1ccccc1-n1nccn1. The third kappa shape index (κ3) is 3.99. The van der Waals surface area contributed by atoms with Gasteiger partial charge in [-0.15, -0.1) is 0 Å². The van der Waals surface area contributed by atoms with Gasteiger partial charge in [-0.1, -0.05) is 18.2 Å². The van der Waals surface area contributed by atoms with Crippen LogP contribution in [0.2, 0.25) is 0 Å². The maximum Gasteiger partial charge on any atom is 0.228 e. The summed E-state index contributed by atoms with van der Waals surface area (Å²) in [6.07, 6.45) is 2.90. The van der Waals surface area contributed by atoms with Crippen molar-refractivity contribution in [3.05, 3.63) is 42.2 Å². The number of carbonyl (C=O) groups excluding carboxylic acids is 1. The second-order valence-corrected chi connectivity index (χ2v) is 6.01. The standard InChI is InChI=1S/C15H20N8OS/c16-14(17)18-7-8-22-12(9-13(24)21-15(22)25)10-3-1-2-4-11(10)23-19-5-6-20-23/h1-6,12,14,18H,7-9,16-17H2,(H,21,24,25)/t12-/m1/s1. The summed E-state index contributed by atoms with van der Waals surface area (Å²) in [6, 6.07) is 7.48. The molecule has 0 radical (unpaired) electrons. The lowest BCUT2D eigenvalue weighted by atomic mass is 9.98. The lowest BCUT2D eigenvalue weighted by Gasteiger charge is -2.38. The van der Waals surface area contributed by atoms with E-state index in [1.54, 1.807) is 12.4 Å². The molecule has 0 unspecified atom stereocenters. The summed E-state index contributed by atoms with van der Waals surface area (Å²) in [6.45, 7) is 1.09. The smallest absolute Gasteiger partial charge is 0.228 e. The molecule has 25 heavy (non-hydrogen) atoms. The van der Waals surface area contributed by atoms with Crippen LogP contribution in [0.4, 0.5) is 0 Å². The van der Waals surface area contributed by atoms with Gasteiger partial charge in [0, 0.05) is 18.7 Å². The van der Waals surface area contributed by atoms with Gasteiger partial charge in [0.1, 0.15) is 6.29 Å². The Labute approximate surface area is 150 Å². The predicted molar refractivity (Wildman–Crippen MR) is 96.3 cm³/mol. The van der Waals surface area contributed by atoms with Crippen LogP contribution < -0.4 is 22.1 Å². The van der Waals surface area contributed by atoms with E-state index in [2.05, 4.69) is 20.8 Å². The molecular weight excluding hydrogens is 340 g/mol. The summed E-state index contributed by atoms with van der Waals surface area (Å²) in [4.78, 5) is 15.6. The monoisotopic (exact) mass is 360 g/mol. The average molecular weight is 360 g/mol. The summed E-state index contributed by atoms with van der Waals surface area (Å²) in [7, 11) is 0. The lowest BCUT2D eigenvalue weighted by Crippen LogP contribution is -2.54. The second-order valence-electron chi connectivity index (χ2n) is 5.62. The van der Waals surface area contributed by atoms with E-state index in [0.29, 0.717) is 18.2 Å². The first-order valence-electron chi connectivity index (χ1n) is 7.87. The molecule has 1 aromatic carbocycles. The van der Waals surface area contributed by atoms with Gasteiger partial charge in [-0.3, -0.25) is 10.1 Å². The normalized spacial score (nSPS) is 17.9. The quantitative estimate of drug-likeness (QED) is 0.390. The highest BCUT2D eigenvalue weighted by molar-refractivity contribution is 7.80. The Morgan fingerprint density at radius 2 is 2.04 bits per heavy atom. The van der Waals surface area contributed by atoms with Crippen molar-refractivity contribution < 1.29 is 4.79 Å². The molecule has 0 bridgehead atoms. The summed E-state index contributed by atoms with van der Waals surface area (Å²) in [5.41, 5.74) is 12.8. The summed E-state index contributed by atoms with van der Waals surface area (Å²) < 4.78 is 0. The van der Waals surface area contributed by atoms with Gasteiger partial charge in [-0.2, -0.15) is 15.0 Å². The number of thiocarbonyl (C=S) groups is 1. The molecule has 2 aromatic rings. The van der Waals surface area contributed by atoms with Gasteiger partial charge in [0.15, 0.2) is 5.11 Å². The van der Waals surface area contributed by atoms with E-state index in [-0.39, 0.29) is 18.4 Å². The van der Waals surface area contributed by atoms with E-state index in [1.807, 2.05) is 29.2 Å². The Hall–Kier alpha value is -2.40. The number of hydrogen-bond donors (Lipinski definition) is 4. The molecule has 0 saturated carbocycles. The number of nitrogens with zero attached hydrogens (tertiary/aromatic N) is 4. The van der Waals surface area contributed by atoms with E-state index in [9.17, 15) is 4.79 Å². The van der Waals surface area contributed by atoms with Crippen LogP contribution in [-0.2, 0) is 4.79 Å². The highest BCUT2D eigenvalue weighted by atomic mass is 32.1. The molecular formula is C15H20N8OS. The van der Waals surface area contributed by atoms with E-state index in [4.69, 9.17) is 23.7 Å². The highest BCUT2D eigenvalue weighted by Gasteiger charge is 2.32. The molecule has 1 aromatic heterocycles. The molecule has 1 amide bonds. The minimum Gasteiger partial charge on any atom is -0.340 e. The Morgan fingerprint density at radius 1 is 1.32 bits per heavy atom. The number of benzene rings is 1. The van der Waals surface area contributed by atoms with E-state index < -0.39 is 6.29 Å². The van der Waals surface area contributed by atoms with Crippen LogP contribution >= 0.6 is 12.2 Å². The largest absolute Gasteiger partial charge is 0.340 e. The minimum atomic E-state index is -0.605. The van der Waals surface area contributed by atoms with Crippen molar-refractivity contribution in [1.29, 1.82) is 0 Å². The van der Waals surface area contributed by atoms with Crippen LogP contribution in [0.15, 0.2) is 36.7 Å². The van der Waals surface area contributed by atoms with Crippen molar-refractivity contribution in [2.24, 2.45) is 11.5 Å². The number of amides is 1. The summed E-state index contributed by atoms with van der Waals surface area (Å²) >= 11 is 5.37. The van der Waals surface area contributed by atoms with Crippen molar-refractivity contribution in [3.8, 4) is 5.69 Å².